The van der Waals surface area contributed by atoms with Gasteiger partial charge in [0.25, 0.3) is 0 Å². The van der Waals surface area contributed by atoms with Gasteiger partial charge in [0.15, 0.2) is 0 Å². The molecule has 0 aliphatic carbocycles. The number of esters is 1. The molecule has 1 aromatic carbocycles. The van der Waals surface area contributed by atoms with E-state index in [2.05, 4.69) is 10.1 Å². The molecule has 5 atom stereocenters. The van der Waals surface area contributed by atoms with E-state index >= 15 is 0 Å². The largest absolute Gasteiger partial charge is 0.511 e. The summed E-state index contributed by atoms with van der Waals surface area (Å²) in [5.74, 6) is -1.58. The van der Waals surface area contributed by atoms with E-state index in [1.165, 1.54) is 23.6 Å². The third kappa shape index (κ3) is 4.68. The van der Waals surface area contributed by atoms with Crippen molar-refractivity contribution in [2.45, 2.75) is 62.2 Å². The lowest BCUT2D eigenvalue weighted by Gasteiger charge is -2.44. The van der Waals surface area contributed by atoms with Crippen LogP contribution in [0.25, 0.3) is 0 Å². The average molecular weight is 466 g/mol. The molecule has 11 heteroatoms. The number of nitrogens with zero attached hydrogens (tertiary/aromatic N) is 1. The number of amides is 2. The smallest absolute Gasteiger partial charge is 0.435 e. The van der Waals surface area contributed by atoms with E-state index in [1.54, 1.807) is 45.0 Å². The van der Waals surface area contributed by atoms with Crippen LogP contribution in [0.2, 0.25) is 0 Å². The van der Waals surface area contributed by atoms with Gasteiger partial charge in [0, 0.05) is 11.7 Å². The fraction of sp³-hybridized carbons (Fsp3) is 0.524. The average Bonchev–Trinajstić information content (AvgIpc) is 2.99. The van der Waals surface area contributed by atoms with Crippen LogP contribution in [0.3, 0.4) is 0 Å². The predicted octanol–water partition coefficient (Wildman–Crippen LogP) is 1.30. The Morgan fingerprint density at radius 1 is 1.22 bits per heavy atom. The molecule has 2 aliphatic rings. The molecular formula is C21H27N3O7S. The standard InChI is InChI=1S/C21H27N3O7S/c1-5-29-20(28)31-11(2)30-19(27)15-21(3,4)32-18-14(17(26)24(15)18)23-16(25)13(22)12-9-7-6-8-10-12/h6-11,13-15,18H,5,22H2,1-4H3,(H,23,25)/t11-,13+,14+,15-,18+/m1/s1. The van der Waals surface area contributed by atoms with Gasteiger partial charge in [0.2, 0.25) is 18.1 Å². The molecular weight excluding hydrogens is 438 g/mol. The second kappa shape index (κ2) is 9.37. The first-order valence-electron chi connectivity index (χ1n) is 10.2. The summed E-state index contributed by atoms with van der Waals surface area (Å²) in [6, 6.07) is 6.21. The topological polar surface area (TPSA) is 137 Å². The number of thioether (sulfide) groups is 1. The number of nitrogens with one attached hydrogen (secondary N) is 1. The van der Waals surface area contributed by atoms with Crippen molar-refractivity contribution in [3.63, 3.8) is 0 Å². The molecule has 2 heterocycles. The number of hydrogen-bond donors (Lipinski definition) is 2. The van der Waals surface area contributed by atoms with Gasteiger partial charge in [-0.25, -0.2) is 9.59 Å². The van der Waals surface area contributed by atoms with E-state index < -0.39 is 58.5 Å². The Morgan fingerprint density at radius 2 is 1.88 bits per heavy atom. The first-order chi connectivity index (χ1) is 15.1. The number of benzene rings is 1. The van der Waals surface area contributed by atoms with E-state index in [9.17, 15) is 19.2 Å². The van der Waals surface area contributed by atoms with Crippen LogP contribution in [-0.4, -0.2) is 63.9 Å². The third-order valence-corrected chi connectivity index (χ3v) is 6.78. The molecule has 0 radical (unpaired) electrons. The number of carbonyl (C=O) groups is 4. The summed E-state index contributed by atoms with van der Waals surface area (Å²) in [5, 5.41) is 2.26. The highest BCUT2D eigenvalue weighted by atomic mass is 32.2. The van der Waals surface area contributed by atoms with Crippen molar-refractivity contribution in [1.82, 2.24) is 10.2 Å². The molecule has 0 aromatic heterocycles. The molecule has 3 rings (SSSR count). The second-order valence-corrected chi connectivity index (χ2v) is 9.71. The molecule has 2 amide bonds. The number of hydrogen-bond acceptors (Lipinski definition) is 9. The molecule has 32 heavy (non-hydrogen) atoms. The summed E-state index contributed by atoms with van der Waals surface area (Å²) < 4.78 is 14.0. The summed E-state index contributed by atoms with van der Waals surface area (Å²) in [6.45, 7) is 6.74. The number of ether oxygens (including phenoxy) is 3. The normalized spacial score (nSPS) is 25.1. The van der Waals surface area contributed by atoms with Crippen molar-refractivity contribution in [3.05, 3.63) is 35.9 Å². The van der Waals surface area contributed by atoms with Gasteiger partial charge < -0.3 is 30.2 Å². The molecule has 0 bridgehead atoms. The summed E-state index contributed by atoms with van der Waals surface area (Å²) in [5.41, 5.74) is 6.65. The van der Waals surface area contributed by atoms with Crippen molar-refractivity contribution in [2.75, 3.05) is 6.61 Å². The third-order valence-electron chi connectivity index (χ3n) is 5.21. The Labute approximate surface area is 190 Å². The molecule has 2 fully saturated rings. The highest BCUT2D eigenvalue weighted by Gasteiger charge is 2.64. The number of nitrogens with two attached hydrogens (primary N) is 1. The van der Waals surface area contributed by atoms with Gasteiger partial charge in [0.1, 0.15) is 23.5 Å². The van der Waals surface area contributed by atoms with Crippen molar-refractivity contribution in [1.29, 1.82) is 0 Å². The van der Waals surface area contributed by atoms with Crippen LogP contribution in [0.1, 0.15) is 39.3 Å². The van der Waals surface area contributed by atoms with Gasteiger partial charge in [-0.2, -0.15) is 0 Å². The monoisotopic (exact) mass is 465 g/mol. The van der Waals surface area contributed by atoms with Crippen molar-refractivity contribution < 1.29 is 33.4 Å². The zero-order valence-electron chi connectivity index (χ0n) is 18.3. The van der Waals surface area contributed by atoms with Gasteiger partial charge in [-0.15, -0.1) is 11.8 Å². The molecule has 174 valence electrons. The molecule has 0 saturated carbocycles. The highest BCUT2D eigenvalue weighted by Crippen LogP contribution is 2.51. The molecule has 10 nitrogen and oxygen atoms in total. The van der Waals surface area contributed by atoms with Gasteiger partial charge >= 0.3 is 12.1 Å². The summed E-state index contributed by atoms with van der Waals surface area (Å²) in [4.78, 5) is 51.0. The second-order valence-electron chi connectivity index (χ2n) is 7.94. The quantitative estimate of drug-likeness (QED) is 0.347. The molecule has 1 aromatic rings. The molecule has 0 unspecified atom stereocenters. The number of carbonyl (C=O) groups excluding carboxylic acids is 4. The Bertz CT molecular complexity index is 895. The molecule has 2 saturated heterocycles. The molecule has 2 aliphatic heterocycles. The minimum Gasteiger partial charge on any atom is -0.435 e. The Hall–Kier alpha value is -2.79. The summed E-state index contributed by atoms with van der Waals surface area (Å²) in [6.07, 6.45) is -2.14. The lowest BCUT2D eigenvalue weighted by molar-refractivity contribution is -0.180. The van der Waals surface area contributed by atoms with Gasteiger partial charge in [-0.3, -0.25) is 9.59 Å². The maximum absolute atomic E-state index is 12.8. The zero-order chi connectivity index (χ0) is 23.6. The first-order valence-corrected chi connectivity index (χ1v) is 11.1. The number of fused-ring (bicyclic) bond motifs is 1. The first kappa shape index (κ1) is 23.9. The fourth-order valence-electron chi connectivity index (χ4n) is 3.72. The Morgan fingerprint density at radius 3 is 2.50 bits per heavy atom. The predicted molar refractivity (Wildman–Crippen MR) is 115 cm³/mol. The molecule has 0 spiro atoms. The van der Waals surface area contributed by atoms with Crippen LogP contribution >= 0.6 is 11.8 Å². The highest BCUT2D eigenvalue weighted by molar-refractivity contribution is 8.01. The number of rotatable bonds is 7. The van der Waals surface area contributed by atoms with E-state index in [0.717, 1.165) is 0 Å². The van der Waals surface area contributed by atoms with Gasteiger partial charge in [-0.1, -0.05) is 30.3 Å². The summed E-state index contributed by atoms with van der Waals surface area (Å²) in [7, 11) is 0. The van der Waals surface area contributed by atoms with Gasteiger partial charge in [0.05, 0.1) is 6.61 Å². The maximum Gasteiger partial charge on any atom is 0.511 e. The van der Waals surface area contributed by atoms with Crippen molar-refractivity contribution >= 4 is 35.7 Å². The minimum absolute atomic E-state index is 0.122. The summed E-state index contributed by atoms with van der Waals surface area (Å²) >= 11 is 1.38. The van der Waals surface area contributed by atoms with Crippen LogP contribution in [0.4, 0.5) is 4.79 Å². The van der Waals surface area contributed by atoms with Crippen molar-refractivity contribution in [3.8, 4) is 0 Å². The van der Waals surface area contributed by atoms with Gasteiger partial charge in [-0.05, 0) is 26.3 Å². The minimum atomic E-state index is -1.18. The fourth-order valence-corrected chi connectivity index (χ4v) is 5.34. The lowest BCUT2D eigenvalue weighted by atomic mass is 9.95. The molecule has 3 N–H and O–H groups in total. The Kier molecular flexibility index (Phi) is 6.99. The van der Waals surface area contributed by atoms with Crippen LogP contribution in [0.5, 0.6) is 0 Å². The SMILES string of the molecule is CCOC(=O)O[C@H](C)OC(=O)[C@H]1N2C(=O)[C@H](NC(=O)[C@@H](N)c3ccccc3)[C@@H]2SC1(C)C. The van der Waals surface area contributed by atoms with Crippen LogP contribution in [-0.2, 0) is 28.6 Å². The van der Waals surface area contributed by atoms with Crippen LogP contribution in [0.15, 0.2) is 30.3 Å². The van der Waals surface area contributed by atoms with Crippen LogP contribution < -0.4 is 11.1 Å². The zero-order valence-corrected chi connectivity index (χ0v) is 19.1. The van der Waals surface area contributed by atoms with E-state index in [0.29, 0.717) is 5.56 Å². The lowest BCUT2D eigenvalue weighted by Crippen LogP contribution is -2.71. The van der Waals surface area contributed by atoms with E-state index in [4.69, 9.17) is 15.2 Å². The van der Waals surface area contributed by atoms with E-state index in [1.807, 2.05) is 6.07 Å². The Balaban J connectivity index is 1.63. The number of β-lactam (4-membered cyclic amide) rings is 1. The van der Waals surface area contributed by atoms with E-state index in [-0.39, 0.29) is 6.61 Å². The van der Waals surface area contributed by atoms with Crippen molar-refractivity contribution in [2.24, 2.45) is 5.73 Å². The maximum atomic E-state index is 12.8. The van der Waals surface area contributed by atoms with Crippen LogP contribution in [0, 0.1) is 0 Å².